The summed E-state index contributed by atoms with van der Waals surface area (Å²) in [7, 11) is 2.16. The van der Waals surface area contributed by atoms with Crippen LogP contribution in [-0.2, 0) is 0 Å². The largest absolute Gasteiger partial charge is 0.390 e. The SMILES string of the molecule is CCCNCC(O)CN1CCN(C)CC1C. The second kappa shape index (κ2) is 7.22. The lowest BCUT2D eigenvalue weighted by Crippen LogP contribution is -2.53. The van der Waals surface area contributed by atoms with Gasteiger partial charge in [-0.1, -0.05) is 6.92 Å². The zero-order chi connectivity index (χ0) is 12.0. The van der Waals surface area contributed by atoms with E-state index in [4.69, 9.17) is 0 Å². The maximum absolute atomic E-state index is 9.89. The number of aliphatic hydroxyl groups is 1. The first-order chi connectivity index (χ1) is 7.63. The Hall–Kier alpha value is -0.160. The summed E-state index contributed by atoms with van der Waals surface area (Å²) in [5.74, 6) is 0. The van der Waals surface area contributed by atoms with Gasteiger partial charge < -0.3 is 15.3 Å². The van der Waals surface area contributed by atoms with E-state index < -0.39 is 0 Å². The highest BCUT2D eigenvalue weighted by Crippen LogP contribution is 2.08. The molecular formula is C12H27N3O. The van der Waals surface area contributed by atoms with Crippen molar-refractivity contribution < 1.29 is 5.11 Å². The van der Waals surface area contributed by atoms with Gasteiger partial charge in [-0.3, -0.25) is 4.90 Å². The second-order valence-corrected chi connectivity index (χ2v) is 4.96. The molecule has 1 fully saturated rings. The van der Waals surface area contributed by atoms with Crippen molar-refractivity contribution in [3.8, 4) is 0 Å². The highest BCUT2D eigenvalue weighted by atomic mass is 16.3. The predicted molar refractivity (Wildman–Crippen MR) is 67.7 cm³/mol. The fourth-order valence-corrected chi connectivity index (χ4v) is 2.23. The van der Waals surface area contributed by atoms with Gasteiger partial charge in [-0.2, -0.15) is 0 Å². The Morgan fingerprint density at radius 2 is 2.19 bits per heavy atom. The zero-order valence-corrected chi connectivity index (χ0v) is 10.9. The van der Waals surface area contributed by atoms with Crippen molar-refractivity contribution in [3.63, 3.8) is 0 Å². The molecule has 0 spiro atoms. The minimum atomic E-state index is -0.239. The van der Waals surface area contributed by atoms with Gasteiger partial charge in [0, 0.05) is 38.8 Å². The lowest BCUT2D eigenvalue weighted by molar-refractivity contribution is 0.0480. The first-order valence-corrected chi connectivity index (χ1v) is 6.44. The van der Waals surface area contributed by atoms with E-state index in [0.717, 1.165) is 39.1 Å². The zero-order valence-electron chi connectivity index (χ0n) is 10.9. The van der Waals surface area contributed by atoms with Crippen LogP contribution in [0, 0.1) is 0 Å². The summed E-state index contributed by atoms with van der Waals surface area (Å²) in [6.07, 6.45) is 0.884. The van der Waals surface area contributed by atoms with E-state index in [1.807, 2.05) is 0 Å². The molecule has 2 atom stereocenters. The molecule has 0 amide bonds. The van der Waals surface area contributed by atoms with Crippen molar-refractivity contribution in [2.45, 2.75) is 32.4 Å². The van der Waals surface area contributed by atoms with E-state index in [1.54, 1.807) is 0 Å². The number of hydrogen-bond donors (Lipinski definition) is 2. The lowest BCUT2D eigenvalue weighted by Gasteiger charge is -2.39. The van der Waals surface area contributed by atoms with E-state index in [0.29, 0.717) is 12.6 Å². The number of likely N-dealkylation sites (N-methyl/N-ethyl adjacent to an activating group) is 1. The molecule has 0 radical (unpaired) electrons. The molecule has 0 aromatic heterocycles. The van der Waals surface area contributed by atoms with Gasteiger partial charge in [0.05, 0.1) is 6.10 Å². The average molecular weight is 229 g/mol. The molecular weight excluding hydrogens is 202 g/mol. The second-order valence-electron chi connectivity index (χ2n) is 4.96. The Balaban J connectivity index is 2.19. The molecule has 0 bridgehead atoms. The van der Waals surface area contributed by atoms with Crippen LogP contribution in [0.2, 0.25) is 0 Å². The number of nitrogens with zero attached hydrogens (tertiary/aromatic N) is 2. The van der Waals surface area contributed by atoms with Crippen molar-refractivity contribution in [1.82, 2.24) is 15.1 Å². The number of β-amino-alcohol motifs (C(OH)–C–C–N with tert-alkyl or cyclic N) is 1. The van der Waals surface area contributed by atoms with E-state index in [1.165, 1.54) is 0 Å². The number of piperazine rings is 1. The van der Waals surface area contributed by atoms with Gasteiger partial charge in [0.15, 0.2) is 0 Å². The molecule has 0 aliphatic carbocycles. The topological polar surface area (TPSA) is 38.7 Å². The molecule has 1 heterocycles. The predicted octanol–water partition coefficient (Wildman–Crippen LogP) is -0.0172. The highest BCUT2D eigenvalue weighted by molar-refractivity contribution is 4.79. The van der Waals surface area contributed by atoms with Gasteiger partial charge in [-0.05, 0) is 26.9 Å². The van der Waals surface area contributed by atoms with Crippen LogP contribution in [0.1, 0.15) is 20.3 Å². The summed E-state index contributed by atoms with van der Waals surface area (Å²) in [6.45, 7) is 10.2. The molecule has 0 aromatic carbocycles. The Morgan fingerprint density at radius 1 is 1.44 bits per heavy atom. The summed E-state index contributed by atoms with van der Waals surface area (Å²) >= 11 is 0. The van der Waals surface area contributed by atoms with E-state index in [-0.39, 0.29) is 6.10 Å². The lowest BCUT2D eigenvalue weighted by atomic mass is 10.2. The first-order valence-electron chi connectivity index (χ1n) is 6.44. The van der Waals surface area contributed by atoms with Crippen LogP contribution in [-0.4, -0.2) is 73.4 Å². The summed E-state index contributed by atoms with van der Waals surface area (Å²) in [4.78, 5) is 4.74. The Labute approximate surface area is 99.6 Å². The number of rotatable bonds is 6. The van der Waals surface area contributed by atoms with Crippen LogP contribution in [0.25, 0.3) is 0 Å². The summed E-state index contributed by atoms with van der Waals surface area (Å²) in [5, 5.41) is 13.2. The molecule has 4 nitrogen and oxygen atoms in total. The third-order valence-corrected chi connectivity index (χ3v) is 3.22. The third kappa shape index (κ3) is 4.78. The van der Waals surface area contributed by atoms with Gasteiger partial charge in [-0.15, -0.1) is 0 Å². The van der Waals surface area contributed by atoms with E-state index in [9.17, 15) is 5.11 Å². The third-order valence-electron chi connectivity index (χ3n) is 3.22. The minimum absolute atomic E-state index is 0.239. The molecule has 2 N–H and O–H groups in total. The Morgan fingerprint density at radius 3 is 2.81 bits per heavy atom. The van der Waals surface area contributed by atoms with Gasteiger partial charge >= 0.3 is 0 Å². The molecule has 1 saturated heterocycles. The highest BCUT2D eigenvalue weighted by Gasteiger charge is 2.22. The van der Waals surface area contributed by atoms with E-state index in [2.05, 4.69) is 36.0 Å². The summed E-state index contributed by atoms with van der Waals surface area (Å²) in [6, 6.07) is 0.555. The van der Waals surface area contributed by atoms with Crippen molar-refractivity contribution >= 4 is 0 Å². The molecule has 1 rings (SSSR count). The number of nitrogens with one attached hydrogen (secondary N) is 1. The van der Waals surface area contributed by atoms with Crippen LogP contribution in [0.15, 0.2) is 0 Å². The fraction of sp³-hybridized carbons (Fsp3) is 1.00. The average Bonchev–Trinajstić information content (AvgIpc) is 2.23. The van der Waals surface area contributed by atoms with Gasteiger partial charge in [-0.25, -0.2) is 0 Å². The van der Waals surface area contributed by atoms with Crippen LogP contribution in [0.3, 0.4) is 0 Å². The standard InChI is InChI=1S/C12H27N3O/c1-4-5-13-8-12(16)10-15-7-6-14(3)9-11(15)2/h11-13,16H,4-10H2,1-3H3. The van der Waals surface area contributed by atoms with Crippen LogP contribution in [0.4, 0.5) is 0 Å². The Kier molecular flexibility index (Phi) is 6.28. The first kappa shape index (κ1) is 13.9. The molecule has 1 aliphatic heterocycles. The van der Waals surface area contributed by atoms with Gasteiger partial charge in [0.2, 0.25) is 0 Å². The maximum Gasteiger partial charge on any atom is 0.0791 e. The smallest absolute Gasteiger partial charge is 0.0791 e. The van der Waals surface area contributed by atoms with Gasteiger partial charge in [0.25, 0.3) is 0 Å². The Bertz CT molecular complexity index is 189. The fourth-order valence-electron chi connectivity index (χ4n) is 2.23. The maximum atomic E-state index is 9.89. The van der Waals surface area contributed by atoms with Crippen LogP contribution in [0.5, 0.6) is 0 Å². The number of hydrogen-bond acceptors (Lipinski definition) is 4. The monoisotopic (exact) mass is 229 g/mol. The van der Waals surface area contributed by atoms with Gasteiger partial charge in [0.1, 0.15) is 0 Å². The summed E-state index contributed by atoms with van der Waals surface area (Å²) < 4.78 is 0. The van der Waals surface area contributed by atoms with Crippen molar-refractivity contribution in [1.29, 1.82) is 0 Å². The molecule has 4 heteroatoms. The number of aliphatic hydroxyl groups excluding tert-OH is 1. The van der Waals surface area contributed by atoms with Crippen molar-refractivity contribution in [3.05, 3.63) is 0 Å². The van der Waals surface area contributed by atoms with E-state index >= 15 is 0 Å². The molecule has 0 aromatic rings. The molecule has 16 heavy (non-hydrogen) atoms. The quantitative estimate of drug-likeness (QED) is 0.628. The molecule has 96 valence electrons. The molecule has 0 saturated carbocycles. The normalized spacial score (nSPS) is 25.9. The van der Waals surface area contributed by atoms with Crippen LogP contribution >= 0.6 is 0 Å². The van der Waals surface area contributed by atoms with Crippen LogP contribution < -0.4 is 5.32 Å². The van der Waals surface area contributed by atoms with Crippen molar-refractivity contribution in [2.75, 3.05) is 46.3 Å². The summed E-state index contributed by atoms with van der Waals surface area (Å²) in [5.41, 5.74) is 0. The minimum Gasteiger partial charge on any atom is -0.390 e. The van der Waals surface area contributed by atoms with Crippen molar-refractivity contribution in [2.24, 2.45) is 0 Å². The molecule has 1 aliphatic rings. The molecule has 2 unspecified atom stereocenters.